The number of rotatable bonds is 6. The Balaban J connectivity index is 2.61. The number of amides is 2. The normalized spacial score (nSPS) is 11.6. The summed E-state index contributed by atoms with van der Waals surface area (Å²) in [6.07, 6.45) is -0.162. The highest BCUT2D eigenvalue weighted by atomic mass is 19.1. The Morgan fingerprint density at radius 1 is 1.45 bits per heavy atom. The molecule has 0 saturated heterocycles. The van der Waals surface area contributed by atoms with Crippen molar-refractivity contribution < 1.29 is 23.8 Å². The number of carboxylic acid groups (broad SMARTS) is 1. The van der Waals surface area contributed by atoms with Crippen molar-refractivity contribution >= 4 is 12.0 Å². The third kappa shape index (κ3) is 4.75. The van der Waals surface area contributed by atoms with Gasteiger partial charge >= 0.3 is 12.0 Å². The maximum absolute atomic E-state index is 13.2. The molecule has 110 valence electrons. The van der Waals surface area contributed by atoms with Gasteiger partial charge in [0.1, 0.15) is 11.6 Å². The first-order valence-electron chi connectivity index (χ1n) is 6.03. The standard InChI is InChI=1S/C13H17FN2O4/c1-8(16-13(19)15-6-5-12(17)18)10-7-9(14)3-4-11(10)20-2/h3-4,7-8H,5-6H2,1-2H3,(H,17,18)(H2,15,16,19). The van der Waals surface area contributed by atoms with Crippen LogP contribution in [0.1, 0.15) is 24.9 Å². The molecule has 20 heavy (non-hydrogen) atoms. The number of aliphatic carboxylic acids is 1. The van der Waals surface area contributed by atoms with Crippen LogP contribution in [0.4, 0.5) is 9.18 Å². The van der Waals surface area contributed by atoms with Crippen LogP contribution in [-0.2, 0) is 4.79 Å². The van der Waals surface area contributed by atoms with E-state index in [1.807, 2.05) is 0 Å². The van der Waals surface area contributed by atoms with Crippen molar-refractivity contribution in [2.24, 2.45) is 0 Å². The van der Waals surface area contributed by atoms with Gasteiger partial charge in [0.25, 0.3) is 0 Å². The highest BCUT2D eigenvalue weighted by molar-refractivity contribution is 5.75. The van der Waals surface area contributed by atoms with E-state index in [-0.39, 0.29) is 13.0 Å². The number of carboxylic acids is 1. The maximum atomic E-state index is 13.2. The van der Waals surface area contributed by atoms with Crippen LogP contribution in [-0.4, -0.2) is 30.8 Å². The van der Waals surface area contributed by atoms with Gasteiger partial charge in [-0.25, -0.2) is 9.18 Å². The zero-order chi connectivity index (χ0) is 15.1. The van der Waals surface area contributed by atoms with Crippen LogP contribution in [0, 0.1) is 5.82 Å². The summed E-state index contributed by atoms with van der Waals surface area (Å²) in [7, 11) is 1.45. The van der Waals surface area contributed by atoms with Crippen molar-refractivity contribution in [2.75, 3.05) is 13.7 Å². The van der Waals surface area contributed by atoms with Gasteiger partial charge in [-0.3, -0.25) is 4.79 Å². The number of benzene rings is 1. The fraction of sp³-hybridized carbons (Fsp3) is 0.385. The third-order valence-electron chi connectivity index (χ3n) is 2.63. The Morgan fingerprint density at radius 2 is 2.15 bits per heavy atom. The van der Waals surface area contributed by atoms with Crippen LogP contribution in [0.3, 0.4) is 0 Å². The van der Waals surface area contributed by atoms with Crippen LogP contribution >= 0.6 is 0 Å². The summed E-state index contributed by atoms with van der Waals surface area (Å²) in [5, 5.41) is 13.4. The number of ether oxygens (including phenoxy) is 1. The molecule has 1 unspecified atom stereocenters. The summed E-state index contributed by atoms with van der Waals surface area (Å²) in [5.41, 5.74) is 0.501. The van der Waals surface area contributed by atoms with E-state index in [2.05, 4.69) is 10.6 Å². The second kappa shape index (κ2) is 7.32. The van der Waals surface area contributed by atoms with Crippen molar-refractivity contribution in [3.63, 3.8) is 0 Å². The molecule has 1 aromatic rings. The molecule has 1 rings (SSSR count). The Bertz CT molecular complexity index is 493. The Morgan fingerprint density at radius 3 is 2.75 bits per heavy atom. The van der Waals surface area contributed by atoms with Crippen molar-refractivity contribution in [1.82, 2.24) is 10.6 Å². The van der Waals surface area contributed by atoms with Crippen LogP contribution in [0.15, 0.2) is 18.2 Å². The number of carbonyl (C=O) groups is 2. The Hall–Kier alpha value is -2.31. The fourth-order valence-corrected chi connectivity index (χ4v) is 1.65. The van der Waals surface area contributed by atoms with E-state index in [1.165, 1.54) is 25.3 Å². The molecule has 0 aromatic heterocycles. The average Bonchev–Trinajstić information content (AvgIpc) is 2.38. The number of carbonyl (C=O) groups excluding carboxylic acids is 1. The van der Waals surface area contributed by atoms with Gasteiger partial charge in [0.15, 0.2) is 0 Å². The van der Waals surface area contributed by atoms with E-state index in [9.17, 15) is 14.0 Å². The number of nitrogens with one attached hydrogen (secondary N) is 2. The molecule has 0 spiro atoms. The quantitative estimate of drug-likeness (QED) is 0.741. The predicted molar refractivity (Wildman–Crippen MR) is 70.2 cm³/mol. The second-order valence-corrected chi connectivity index (χ2v) is 4.15. The van der Waals surface area contributed by atoms with Crippen LogP contribution in [0.2, 0.25) is 0 Å². The monoisotopic (exact) mass is 284 g/mol. The Kier molecular flexibility index (Phi) is 5.76. The molecule has 0 heterocycles. The lowest BCUT2D eigenvalue weighted by Crippen LogP contribution is -2.38. The minimum atomic E-state index is -0.995. The number of urea groups is 1. The summed E-state index contributed by atoms with van der Waals surface area (Å²) in [6, 6.07) is 3.02. The van der Waals surface area contributed by atoms with Crippen molar-refractivity contribution in [3.05, 3.63) is 29.6 Å². The summed E-state index contributed by atoms with van der Waals surface area (Å²) in [6.45, 7) is 1.70. The molecule has 7 heteroatoms. The SMILES string of the molecule is COc1ccc(F)cc1C(C)NC(=O)NCCC(=O)O. The molecular formula is C13H17FN2O4. The summed E-state index contributed by atoms with van der Waals surface area (Å²) in [4.78, 5) is 21.9. The van der Waals surface area contributed by atoms with Gasteiger partial charge in [-0.05, 0) is 25.1 Å². The minimum Gasteiger partial charge on any atom is -0.496 e. The summed E-state index contributed by atoms with van der Waals surface area (Å²) < 4.78 is 18.3. The van der Waals surface area contributed by atoms with Gasteiger partial charge < -0.3 is 20.5 Å². The van der Waals surface area contributed by atoms with Gasteiger partial charge in [0.05, 0.1) is 19.6 Å². The van der Waals surface area contributed by atoms with Gasteiger partial charge in [-0.15, -0.1) is 0 Å². The largest absolute Gasteiger partial charge is 0.496 e. The van der Waals surface area contributed by atoms with Crippen molar-refractivity contribution in [2.45, 2.75) is 19.4 Å². The van der Waals surface area contributed by atoms with E-state index in [4.69, 9.17) is 9.84 Å². The second-order valence-electron chi connectivity index (χ2n) is 4.15. The minimum absolute atomic E-state index is 0.0220. The van der Waals surface area contributed by atoms with Crippen molar-refractivity contribution in [1.29, 1.82) is 0 Å². The molecule has 0 fully saturated rings. The molecule has 0 aliphatic heterocycles. The highest BCUT2D eigenvalue weighted by Crippen LogP contribution is 2.25. The lowest BCUT2D eigenvalue weighted by Gasteiger charge is -2.17. The van der Waals surface area contributed by atoms with E-state index in [0.29, 0.717) is 11.3 Å². The summed E-state index contributed by atoms with van der Waals surface area (Å²) in [5.74, 6) is -0.962. The van der Waals surface area contributed by atoms with Gasteiger partial charge in [0.2, 0.25) is 0 Å². The zero-order valence-corrected chi connectivity index (χ0v) is 11.3. The molecule has 1 atom stereocenters. The lowest BCUT2D eigenvalue weighted by molar-refractivity contribution is -0.136. The summed E-state index contributed by atoms with van der Waals surface area (Å²) >= 11 is 0. The van der Waals surface area contributed by atoms with Crippen LogP contribution in [0.5, 0.6) is 5.75 Å². The van der Waals surface area contributed by atoms with E-state index in [1.54, 1.807) is 6.92 Å². The maximum Gasteiger partial charge on any atom is 0.315 e. The molecular weight excluding hydrogens is 267 g/mol. The number of hydrogen-bond donors (Lipinski definition) is 3. The van der Waals surface area contributed by atoms with Crippen LogP contribution in [0.25, 0.3) is 0 Å². The molecule has 0 aliphatic rings. The Labute approximate surface area is 115 Å². The van der Waals surface area contributed by atoms with E-state index >= 15 is 0 Å². The third-order valence-corrected chi connectivity index (χ3v) is 2.63. The molecule has 3 N–H and O–H groups in total. The zero-order valence-electron chi connectivity index (χ0n) is 11.3. The molecule has 1 aromatic carbocycles. The smallest absolute Gasteiger partial charge is 0.315 e. The average molecular weight is 284 g/mol. The first-order valence-corrected chi connectivity index (χ1v) is 6.03. The molecule has 2 amide bonds. The first-order chi connectivity index (χ1) is 9.43. The number of halogens is 1. The molecule has 0 aliphatic carbocycles. The van der Waals surface area contributed by atoms with Crippen molar-refractivity contribution in [3.8, 4) is 5.75 Å². The first kappa shape index (κ1) is 15.7. The van der Waals surface area contributed by atoms with Gasteiger partial charge in [0, 0.05) is 12.1 Å². The van der Waals surface area contributed by atoms with E-state index in [0.717, 1.165) is 0 Å². The lowest BCUT2D eigenvalue weighted by atomic mass is 10.1. The number of hydrogen-bond acceptors (Lipinski definition) is 3. The number of methoxy groups -OCH3 is 1. The predicted octanol–water partition coefficient (Wildman–Crippen LogP) is 1.67. The fourth-order valence-electron chi connectivity index (χ4n) is 1.65. The van der Waals surface area contributed by atoms with Gasteiger partial charge in [-0.2, -0.15) is 0 Å². The molecule has 0 bridgehead atoms. The van der Waals surface area contributed by atoms with Gasteiger partial charge in [-0.1, -0.05) is 0 Å². The highest BCUT2D eigenvalue weighted by Gasteiger charge is 2.14. The molecule has 6 nitrogen and oxygen atoms in total. The molecule has 0 radical (unpaired) electrons. The van der Waals surface area contributed by atoms with Crippen LogP contribution < -0.4 is 15.4 Å². The molecule has 0 saturated carbocycles. The topological polar surface area (TPSA) is 87.7 Å². The van der Waals surface area contributed by atoms with E-state index < -0.39 is 23.9 Å².